The fourth-order valence-electron chi connectivity index (χ4n) is 10.1. The largest absolute Gasteiger partial charge is 0.481 e. The van der Waals surface area contributed by atoms with Gasteiger partial charge in [0.1, 0.15) is 13.2 Å². The zero-order valence-corrected chi connectivity index (χ0v) is 76.2. The van der Waals surface area contributed by atoms with Crippen molar-refractivity contribution in [3.63, 3.8) is 0 Å². The number of carbonyl (C=O) groups is 4. The second-order valence-electron chi connectivity index (χ2n) is 26.5. The Morgan fingerprint density at radius 2 is 0.602 bits per heavy atom. The number of unbranched alkanes of at least 4 members (excludes halogenated alkanes) is 6. The van der Waals surface area contributed by atoms with Crippen LogP contribution in [0.2, 0.25) is 155 Å². The molecule has 6 unspecified atom stereocenters. The van der Waals surface area contributed by atoms with Gasteiger partial charge in [-0.2, -0.15) is 0 Å². The zero-order valence-electron chi connectivity index (χ0n) is 54.7. The van der Waals surface area contributed by atoms with Crippen LogP contribution in [0.1, 0.15) is 119 Å². The molecule has 2 radical (unpaired) electrons. The van der Waals surface area contributed by atoms with Crippen LogP contribution in [0.4, 0.5) is 0 Å². The van der Waals surface area contributed by atoms with E-state index in [1.54, 1.807) is 0 Å². The van der Waals surface area contributed by atoms with Gasteiger partial charge in [0.05, 0.1) is 37.9 Å². The smallest absolute Gasteiger partial charge is 0.315 e. The quantitative estimate of drug-likeness (QED) is 0.0330. The van der Waals surface area contributed by atoms with Crippen LogP contribution in [0.3, 0.4) is 0 Å². The van der Waals surface area contributed by atoms with E-state index in [0.717, 1.165) is 50.6 Å². The molecule has 2 N–H and O–H groups in total. The first kappa shape index (κ1) is 99.8. The molecule has 17 nitrogen and oxygen atoms in total. The van der Waals surface area contributed by atoms with Gasteiger partial charge in [0.15, 0.2) is 33.3 Å². The predicted molar refractivity (Wildman–Crippen MR) is 347 cm³/mol. The molecular formula is C52H122O17Si10W2Y2. The van der Waals surface area contributed by atoms with Crippen molar-refractivity contribution in [1.82, 2.24) is 0 Å². The summed E-state index contributed by atoms with van der Waals surface area (Å²) in [5.74, 6) is -5.24. The van der Waals surface area contributed by atoms with Crippen LogP contribution in [-0.2, 0) is 174 Å². The van der Waals surface area contributed by atoms with Gasteiger partial charge in [-0.05, 0) is 168 Å². The molecule has 31 heteroatoms. The van der Waals surface area contributed by atoms with E-state index in [0.29, 0.717) is 24.9 Å². The van der Waals surface area contributed by atoms with Crippen molar-refractivity contribution in [3.8, 4) is 0 Å². The molecule has 0 saturated carbocycles. The van der Waals surface area contributed by atoms with Gasteiger partial charge >= 0.3 is 75.2 Å². The van der Waals surface area contributed by atoms with Gasteiger partial charge in [-0.25, -0.2) is 0 Å². The summed E-state index contributed by atoms with van der Waals surface area (Å²) in [6.45, 7) is 46.8. The number of ether oxygens (including phenoxy) is 3. The molecule has 6 atom stereocenters. The SMILES string of the molecule is C.C.CCCCCC[Si](C)(O[Si](C)(C)C)O[Si](C)(C)O[Si](C)(CCCC(CC(=O)O)C(=O)OCCOCCOC(=O)C(CCC[Si](C)(O[Si](C)(C)C)O[Si](C)(C)O[Si](C)(CCCCCC)O[Si](C)(C)C)CC(=O)O)O[Si](C)(C)C.[W].[W].[Y].[Y]. The van der Waals surface area contributed by atoms with Crippen LogP contribution in [-0.4, -0.2) is 145 Å². The Morgan fingerprint density at radius 3 is 0.819 bits per heavy atom. The second-order valence-corrected chi connectivity index (χ2v) is 66.6. The molecule has 0 rings (SSSR count). The molecule has 0 amide bonds. The van der Waals surface area contributed by atoms with Crippen molar-refractivity contribution < 1.29 is 184 Å². The van der Waals surface area contributed by atoms with Crippen molar-refractivity contribution in [1.29, 1.82) is 0 Å². The number of hydrogen-bond donors (Lipinski definition) is 2. The maximum Gasteiger partial charge on any atom is 0.315 e. The third kappa shape index (κ3) is 53.4. The summed E-state index contributed by atoms with van der Waals surface area (Å²) in [7, 11) is -24.7. The number of carboxylic acids is 2. The fraction of sp³-hybridized carbons (Fsp3) is 0.923. The third-order valence-corrected chi connectivity index (χ3v) is 48.3. The summed E-state index contributed by atoms with van der Waals surface area (Å²) in [4.78, 5) is 50.6. The first-order valence-corrected chi connectivity index (χ1v) is 58.2. The molecule has 0 aromatic carbocycles. The number of carboxylic acid groups (broad SMARTS) is 2. The Hall–Kier alpha value is 3.27. The minimum atomic E-state index is -2.90. The summed E-state index contributed by atoms with van der Waals surface area (Å²) in [5, 5.41) is 19.5. The van der Waals surface area contributed by atoms with Crippen molar-refractivity contribution in [2.75, 3.05) is 26.4 Å². The minimum Gasteiger partial charge on any atom is -0.481 e. The van der Waals surface area contributed by atoms with Gasteiger partial charge in [0.2, 0.25) is 0 Å². The Kier molecular flexibility index (Phi) is 55.8. The van der Waals surface area contributed by atoms with E-state index in [1.807, 2.05) is 0 Å². The van der Waals surface area contributed by atoms with Gasteiger partial charge in [0.25, 0.3) is 0 Å². The number of esters is 2. The van der Waals surface area contributed by atoms with Crippen LogP contribution < -0.4 is 0 Å². The van der Waals surface area contributed by atoms with E-state index < -0.39 is 120 Å². The topological polar surface area (TPSA) is 210 Å². The van der Waals surface area contributed by atoms with Crippen molar-refractivity contribution in [2.24, 2.45) is 11.8 Å². The molecule has 0 aromatic rings. The Balaban J connectivity index is -0.00000193. The second kappa shape index (κ2) is 46.4. The monoisotopic (exact) mass is 1840 g/mol. The normalized spacial score (nSPS) is 15.9. The van der Waals surface area contributed by atoms with Gasteiger partial charge < -0.3 is 57.3 Å². The van der Waals surface area contributed by atoms with Gasteiger partial charge in [-0.1, -0.05) is 92.9 Å². The number of hydrogen-bond acceptors (Lipinski definition) is 15. The van der Waals surface area contributed by atoms with E-state index in [2.05, 4.69) is 145 Å². The van der Waals surface area contributed by atoms with Crippen molar-refractivity contribution >= 4 is 109 Å². The van der Waals surface area contributed by atoms with E-state index in [-0.39, 0.29) is 175 Å². The summed E-state index contributed by atoms with van der Waals surface area (Å²) < 4.78 is 72.1. The van der Waals surface area contributed by atoms with Gasteiger partial charge in [0, 0.05) is 108 Å². The zero-order chi connectivity index (χ0) is 59.8. The number of carbonyl (C=O) groups excluding carboxylic acids is 2. The minimum absolute atomic E-state index is 0. The predicted octanol–water partition coefficient (Wildman–Crippen LogP) is 15.4. The van der Waals surface area contributed by atoms with Crippen LogP contribution in [0.5, 0.6) is 0 Å². The standard InChI is InChI=1S/C50H114O17Si10.2CH4.2W.2Y/c1-23-25-27-29-39-74(19,60-68(3,4)5)64-72(15,16)66-76(21,62-70(9,10)11)41-31-33-45(43-47(51)52)49(55)58-37-35-57-36-38-59-50(56)46(44-48(53)54)34-32-42-77(22,63-71(12,13)14)67-73(17,18)65-75(20,61-69(6,7)8)40-30-28-26-24-2;;;;;;/h45-46H,23-44H2,1-22H3,(H,51,52)(H,53,54);2*1H4;;;;. The van der Waals surface area contributed by atoms with Crippen LogP contribution in [0, 0.1) is 11.8 Å². The van der Waals surface area contributed by atoms with E-state index >= 15 is 0 Å². The van der Waals surface area contributed by atoms with Crippen LogP contribution in [0.15, 0.2) is 0 Å². The maximum atomic E-state index is 13.3. The molecule has 0 aliphatic carbocycles. The molecule has 0 bridgehead atoms. The molecule has 0 aromatic heterocycles. The summed E-state index contributed by atoms with van der Waals surface area (Å²) in [5.41, 5.74) is 0. The molecule has 0 aliphatic heterocycles. The molecule has 490 valence electrons. The van der Waals surface area contributed by atoms with Crippen LogP contribution >= 0.6 is 0 Å². The van der Waals surface area contributed by atoms with Crippen LogP contribution in [0.25, 0.3) is 0 Å². The molecule has 0 saturated heterocycles. The third-order valence-electron chi connectivity index (χ3n) is 11.7. The fourth-order valence-corrected chi connectivity index (χ4v) is 57.4. The number of aliphatic carboxylic acids is 2. The molecule has 0 fully saturated rings. The summed E-state index contributed by atoms with van der Waals surface area (Å²) in [6, 6.07) is 2.90. The summed E-state index contributed by atoms with van der Waals surface area (Å²) in [6.07, 6.45) is 9.79. The van der Waals surface area contributed by atoms with E-state index in [9.17, 15) is 29.4 Å². The Labute approximate surface area is 597 Å². The average molecular weight is 1850 g/mol. The molecule has 83 heavy (non-hydrogen) atoms. The summed E-state index contributed by atoms with van der Waals surface area (Å²) >= 11 is 0. The van der Waals surface area contributed by atoms with Gasteiger partial charge in [-0.3, -0.25) is 19.2 Å². The van der Waals surface area contributed by atoms with E-state index in [4.69, 9.17) is 47.1 Å². The maximum absolute atomic E-state index is 13.3. The molecule has 0 heterocycles. The molecule has 0 spiro atoms. The van der Waals surface area contributed by atoms with E-state index in [1.165, 1.54) is 12.8 Å². The Morgan fingerprint density at radius 1 is 0.361 bits per heavy atom. The molecule has 0 aliphatic rings. The van der Waals surface area contributed by atoms with Gasteiger partial charge in [-0.15, -0.1) is 0 Å². The van der Waals surface area contributed by atoms with Crippen molar-refractivity contribution in [2.45, 2.75) is 274 Å². The molecular weight excluding hydrogens is 1720 g/mol. The Bertz CT molecular complexity index is 1650. The first-order chi connectivity index (χ1) is 34.9. The first-order valence-electron chi connectivity index (χ1n) is 28.8. The number of rotatable bonds is 46. The van der Waals surface area contributed by atoms with Crippen molar-refractivity contribution in [3.05, 3.63) is 0 Å². The average Bonchev–Trinajstić information content (AvgIpc) is 3.18.